The Kier molecular flexibility index (Phi) is 6.66. The minimum absolute atomic E-state index is 0.862. The first-order chi connectivity index (χ1) is 29.3. The van der Waals surface area contributed by atoms with Gasteiger partial charge in [0.2, 0.25) is 0 Å². The number of aromatic nitrogens is 2. The van der Waals surface area contributed by atoms with Crippen molar-refractivity contribution in [2.45, 2.75) is 0 Å². The Bertz CT molecular complexity index is 3780. The van der Waals surface area contributed by atoms with Crippen molar-refractivity contribution in [3.05, 3.63) is 200 Å². The molecule has 4 aromatic heterocycles. The first-order valence-electron chi connectivity index (χ1n) is 20.0. The summed E-state index contributed by atoms with van der Waals surface area (Å²) in [6.45, 7) is 0. The highest BCUT2D eigenvalue weighted by Crippen LogP contribution is 2.46. The fourth-order valence-electron chi connectivity index (χ4n) is 9.59. The molecular formula is C54H33N3O2. The molecule has 0 aliphatic rings. The Balaban J connectivity index is 1.01. The molecule has 5 nitrogen and oxygen atoms in total. The number of nitrogens with zero attached hydrogens (tertiary/aromatic N) is 3. The normalized spacial score (nSPS) is 12.1. The van der Waals surface area contributed by atoms with Gasteiger partial charge in [-0.05, 0) is 97.1 Å². The van der Waals surface area contributed by atoms with Crippen LogP contribution in [-0.2, 0) is 0 Å². The van der Waals surface area contributed by atoms with Crippen molar-refractivity contribution in [1.82, 2.24) is 9.13 Å². The summed E-state index contributed by atoms with van der Waals surface area (Å²) in [6.07, 6.45) is 0. The summed E-state index contributed by atoms with van der Waals surface area (Å²) in [6, 6.07) is 70.9. The summed E-state index contributed by atoms with van der Waals surface area (Å²) in [5, 5.41) is 9.02. The van der Waals surface area contributed by atoms with Crippen molar-refractivity contribution in [3.8, 4) is 11.4 Å². The molecule has 0 saturated heterocycles. The third kappa shape index (κ3) is 4.55. The lowest BCUT2D eigenvalue weighted by Gasteiger charge is -2.25. The van der Waals surface area contributed by atoms with E-state index < -0.39 is 0 Å². The van der Waals surface area contributed by atoms with Gasteiger partial charge in [-0.2, -0.15) is 0 Å². The van der Waals surface area contributed by atoms with E-state index in [-0.39, 0.29) is 0 Å². The summed E-state index contributed by atoms with van der Waals surface area (Å²) in [5.74, 6) is 0. The van der Waals surface area contributed by atoms with E-state index in [0.29, 0.717) is 0 Å². The topological polar surface area (TPSA) is 39.4 Å². The molecule has 0 radical (unpaired) electrons. The Morgan fingerprint density at radius 2 is 0.797 bits per heavy atom. The molecule has 13 aromatic rings. The number of furan rings is 2. The van der Waals surface area contributed by atoms with Crippen molar-refractivity contribution in [1.29, 1.82) is 0 Å². The van der Waals surface area contributed by atoms with E-state index in [0.717, 1.165) is 111 Å². The molecule has 9 aromatic carbocycles. The number of benzene rings is 9. The third-order valence-electron chi connectivity index (χ3n) is 12.1. The monoisotopic (exact) mass is 755 g/mol. The van der Waals surface area contributed by atoms with Crippen LogP contribution in [0.2, 0.25) is 0 Å². The molecule has 4 heterocycles. The van der Waals surface area contributed by atoms with Gasteiger partial charge < -0.3 is 22.9 Å². The molecule has 276 valence electrons. The number of hydrogen-bond donors (Lipinski definition) is 0. The fourth-order valence-corrected chi connectivity index (χ4v) is 9.59. The predicted molar refractivity (Wildman–Crippen MR) is 244 cm³/mol. The van der Waals surface area contributed by atoms with E-state index in [4.69, 9.17) is 8.83 Å². The van der Waals surface area contributed by atoms with Crippen LogP contribution in [0.15, 0.2) is 209 Å². The Hall–Kier alpha value is -8.02. The molecule has 13 rings (SSSR count). The zero-order valence-corrected chi connectivity index (χ0v) is 31.7. The second-order valence-corrected chi connectivity index (χ2v) is 15.3. The summed E-state index contributed by atoms with van der Waals surface area (Å²) in [7, 11) is 0. The second-order valence-electron chi connectivity index (χ2n) is 15.3. The van der Waals surface area contributed by atoms with E-state index >= 15 is 0 Å². The maximum atomic E-state index is 7.16. The molecule has 0 aliphatic carbocycles. The maximum absolute atomic E-state index is 7.16. The Morgan fingerprint density at radius 3 is 1.44 bits per heavy atom. The molecule has 0 atom stereocenters. The first kappa shape index (κ1) is 32.1. The van der Waals surface area contributed by atoms with Crippen molar-refractivity contribution < 1.29 is 8.83 Å². The number of rotatable bonds is 5. The highest BCUT2D eigenvalue weighted by Gasteiger charge is 2.23. The van der Waals surface area contributed by atoms with Gasteiger partial charge in [0.05, 0.1) is 38.5 Å². The van der Waals surface area contributed by atoms with Crippen LogP contribution in [0.3, 0.4) is 0 Å². The number of hydrogen-bond acceptors (Lipinski definition) is 3. The van der Waals surface area contributed by atoms with Gasteiger partial charge in [-0.1, -0.05) is 103 Å². The molecule has 59 heavy (non-hydrogen) atoms. The van der Waals surface area contributed by atoms with Crippen LogP contribution in [0.25, 0.3) is 98.9 Å². The molecule has 0 aliphatic heterocycles. The van der Waals surface area contributed by atoms with Crippen LogP contribution >= 0.6 is 0 Å². The zero-order chi connectivity index (χ0) is 38.6. The van der Waals surface area contributed by atoms with E-state index in [2.05, 4.69) is 202 Å². The minimum atomic E-state index is 0.862. The number of anilines is 3. The van der Waals surface area contributed by atoms with Crippen molar-refractivity contribution in [3.63, 3.8) is 0 Å². The largest absolute Gasteiger partial charge is 0.455 e. The molecule has 5 heteroatoms. The second kappa shape index (κ2) is 12.2. The average Bonchev–Trinajstić information content (AvgIpc) is 4.05. The maximum Gasteiger partial charge on any atom is 0.159 e. The van der Waals surface area contributed by atoms with Gasteiger partial charge in [-0.3, -0.25) is 0 Å². The average molecular weight is 756 g/mol. The quantitative estimate of drug-likeness (QED) is 0.176. The summed E-state index contributed by atoms with van der Waals surface area (Å²) >= 11 is 0. The van der Waals surface area contributed by atoms with Gasteiger partial charge in [0, 0.05) is 55.1 Å². The van der Waals surface area contributed by atoms with Gasteiger partial charge in [-0.15, -0.1) is 0 Å². The molecule has 0 spiro atoms. The zero-order valence-electron chi connectivity index (χ0n) is 31.7. The lowest BCUT2D eigenvalue weighted by Crippen LogP contribution is -2.10. The van der Waals surface area contributed by atoms with E-state index in [1.807, 2.05) is 12.1 Å². The molecule has 0 saturated carbocycles. The SMILES string of the molecule is c1ccc(N(c2ccc(-n3c4ccccc4c4c5oc6c(ccc7c6c6ccccc6n7-c6ccccc6)c5ccc43)cc2)c2cccc3c2oc2ccccc23)cc1. The van der Waals surface area contributed by atoms with Crippen molar-refractivity contribution >= 4 is 105 Å². The van der Waals surface area contributed by atoms with Crippen LogP contribution in [0.5, 0.6) is 0 Å². The predicted octanol–water partition coefficient (Wildman–Crippen LogP) is 15.1. The van der Waals surface area contributed by atoms with E-state index in [1.54, 1.807) is 0 Å². The molecule has 0 bridgehead atoms. The molecule has 0 fully saturated rings. The van der Waals surface area contributed by atoms with Crippen LogP contribution in [0.1, 0.15) is 0 Å². The van der Waals surface area contributed by atoms with E-state index in [1.165, 1.54) is 5.39 Å². The van der Waals surface area contributed by atoms with Gasteiger partial charge in [0.1, 0.15) is 16.7 Å². The van der Waals surface area contributed by atoms with E-state index in [9.17, 15) is 0 Å². The van der Waals surface area contributed by atoms with Gasteiger partial charge in [0.15, 0.2) is 5.58 Å². The van der Waals surface area contributed by atoms with Crippen LogP contribution in [-0.4, -0.2) is 9.13 Å². The van der Waals surface area contributed by atoms with Crippen molar-refractivity contribution in [2.75, 3.05) is 4.90 Å². The molecule has 0 N–H and O–H groups in total. The van der Waals surface area contributed by atoms with Gasteiger partial charge >= 0.3 is 0 Å². The van der Waals surface area contributed by atoms with Crippen molar-refractivity contribution in [2.24, 2.45) is 0 Å². The smallest absolute Gasteiger partial charge is 0.159 e. The standard InChI is InChI=1S/C54H33N3O2/c1-3-14-34(15-4-1)55(48-24-13-21-39-38-18-9-12-25-49(38)58-52(39)48)36-26-28-37(29-27-36)57-45-23-11-8-20-43(45)51-47(57)33-31-41-40-30-32-46-50(53(40)59-54(41)51)42-19-7-10-22-44(42)56(46)35-16-5-2-6-17-35/h1-33H. The summed E-state index contributed by atoms with van der Waals surface area (Å²) < 4.78 is 18.4. The lowest BCUT2D eigenvalue weighted by molar-refractivity contribution is 0.669. The number of para-hydroxylation sites is 6. The third-order valence-corrected chi connectivity index (χ3v) is 12.1. The Morgan fingerprint density at radius 1 is 0.305 bits per heavy atom. The van der Waals surface area contributed by atoms with Crippen LogP contribution < -0.4 is 4.90 Å². The van der Waals surface area contributed by atoms with Crippen LogP contribution in [0.4, 0.5) is 17.1 Å². The summed E-state index contributed by atoms with van der Waals surface area (Å²) in [4.78, 5) is 2.29. The fraction of sp³-hybridized carbons (Fsp3) is 0. The van der Waals surface area contributed by atoms with Crippen LogP contribution in [0, 0.1) is 0 Å². The van der Waals surface area contributed by atoms with Gasteiger partial charge in [-0.25, -0.2) is 0 Å². The highest BCUT2D eigenvalue weighted by atomic mass is 16.3. The first-order valence-corrected chi connectivity index (χ1v) is 20.0. The minimum Gasteiger partial charge on any atom is -0.455 e. The lowest BCUT2D eigenvalue weighted by atomic mass is 10.1. The molecule has 0 amide bonds. The highest BCUT2D eigenvalue weighted by molar-refractivity contribution is 6.29. The summed E-state index contributed by atoms with van der Waals surface area (Å²) in [5.41, 5.74) is 13.3. The van der Waals surface area contributed by atoms with Gasteiger partial charge in [0.25, 0.3) is 0 Å². The molecular weight excluding hydrogens is 723 g/mol. The number of fused-ring (bicyclic) bond motifs is 14. The Labute approximate surface area is 337 Å². The molecule has 0 unspecified atom stereocenters.